The first-order chi connectivity index (χ1) is 10.6. The number of benzene rings is 2. The Morgan fingerprint density at radius 2 is 1.91 bits per heavy atom. The number of rotatable bonds is 3. The Morgan fingerprint density at radius 3 is 2.77 bits per heavy atom. The highest BCUT2D eigenvalue weighted by atomic mass is 19.1. The molecule has 0 spiro atoms. The molecule has 3 aromatic rings. The number of halogens is 2. The summed E-state index contributed by atoms with van der Waals surface area (Å²) in [6, 6.07) is 10.5. The molecule has 0 unspecified atom stereocenters. The number of fused-ring (bicyclic) bond motifs is 1. The molecule has 110 valence electrons. The van der Waals surface area contributed by atoms with Gasteiger partial charge in [0, 0.05) is 22.5 Å². The SMILES string of the molecule is O=C(Cc1cc(F)ccc1F)Nc1cncc2ccccc12. The van der Waals surface area contributed by atoms with Gasteiger partial charge >= 0.3 is 0 Å². The highest BCUT2D eigenvalue weighted by Gasteiger charge is 2.11. The first kappa shape index (κ1) is 14.1. The van der Waals surface area contributed by atoms with E-state index in [0.29, 0.717) is 5.69 Å². The van der Waals surface area contributed by atoms with Gasteiger partial charge in [0.2, 0.25) is 5.91 Å². The van der Waals surface area contributed by atoms with Gasteiger partial charge in [-0.3, -0.25) is 9.78 Å². The molecule has 1 N–H and O–H groups in total. The van der Waals surface area contributed by atoms with Gasteiger partial charge in [-0.1, -0.05) is 24.3 Å². The van der Waals surface area contributed by atoms with Gasteiger partial charge in [-0.25, -0.2) is 8.78 Å². The molecule has 0 aliphatic heterocycles. The first-order valence-electron chi connectivity index (χ1n) is 6.70. The second kappa shape index (κ2) is 5.89. The van der Waals surface area contributed by atoms with Crippen LogP contribution in [0.5, 0.6) is 0 Å². The Hall–Kier alpha value is -2.82. The van der Waals surface area contributed by atoms with E-state index in [1.54, 1.807) is 6.20 Å². The van der Waals surface area contributed by atoms with Gasteiger partial charge in [-0.05, 0) is 18.2 Å². The number of amides is 1. The average Bonchev–Trinajstić information content (AvgIpc) is 2.51. The Labute approximate surface area is 125 Å². The summed E-state index contributed by atoms with van der Waals surface area (Å²) in [4.78, 5) is 16.1. The molecule has 1 amide bonds. The van der Waals surface area contributed by atoms with Crippen molar-refractivity contribution in [2.24, 2.45) is 0 Å². The minimum atomic E-state index is -0.604. The summed E-state index contributed by atoms with van der Waals surface area (Å²) < 4.78 is 26.7. The largest absolute Gasteiger partial charge is 0.324 e. The van der Waals surface area contributed by atoms with E-state index in [0.717, 1.165) is 29.0 Å². The quantitative estimate of drug-likeness (QED) is 0.801. The van der Waals surface area contributed by atoms with Crippen molar-refractivity contribution in [2.45, 2.75) is 6.42 Å². The number of pyridine rings is 1. The lowest BCUT2D eigenvalue weighted by Crippen LogP contribution is -2.15. The topological polar surface area (TPSA) is 42.0 Å². The molecule has 0 aliphatic rings. The summed E-state index contributed by atoms with van der Waals surface area (Å²) in [5, 5.41) is 4.41. The third kappa shape index (κ3) is 2.93. The summed E-state index contributed by atoms with van der Waals surface area (Å²) in [7, 11) is 0. The van der Waals surface area contributed by atoms with Crippen LogP contribution in [0.4, 0.5) is 14.5 Å². The zero-order valence-electron chi connectivity index (χ0n) is 11.5. The van der Waals surface area contributed by atoms with Crippen LogP contribution in [0.15, 0.2) is 54.9 Å². The zero-order chi connectivity index (χ0) is 15.5. The van der Waals surface area contributed by atoms with Gasteiger partial charge in [0.1, 0.15) is 11.6 Å². The van der Waals surface area contributed by atoms with Gasteiger partial charge in [0.15, 0.2) is 0 Å². The molecule has 3 rings (SSSR count). The summed E-state index contributed by atoms with van der Waals surface area (Å²) in [5.74, 6) is -1.61. The van der Waals surface area contributed by atoms with Crippen molar-refractivity contribution in [1.29, 1.82) is 0 Å². The van der Waals surface area contributed by atoms with E-state index >= 15 is 0 Å². The Kier molecular flexibility index (Phi) is 3.78. The maximum absolute atomic E-state index is 13.6. The van der Waals surface area contributed by atoms with Crippen LogP contribution in [0.1, 0.15) is 5.56 Å². The number of hydrogen-bond acceptors (Lipinski definition) is 2. The molecule has 0 bridgehead atoms. The maximum Gasteiger partial charge on any atom is 0.228 e. The van der Waals surface area contributed by atoms with Crippen LogP contribution in [-0.4, -0.2) is 10.9 Å². The summed E-state index contributed by atoms with van der Waals surface area (Å²) in [6.45, 7) is 0. The van der Waals surface area contributed by atoms with Crippen molar-refractivity contribution in [3.63, 3.8) is 0 Å². The molecular weight excluding hydrogens is 286 g/mol. The molecule has 22 heavy (non-hydrogen) atoms. The number of nitrogens with zero attached hydrogens (tertiary/aromatic N) is 1. The van der Waals surface area contributed by atoms with Crippen molar-refractivity contribution >= 4 is 22.4 Å². The minimum Gasteiger partial charge on any atom is -0.324 e. The fraction of sp³-hybridized carbons (Fsp3) is 0.0588. The smallest absolute Gasteiger partial charge is 0.228 e. The lowest BCUT2D eigenvalue weighted by Gasteiger charge is -2.08. The first-order valence-corrected chi connectivity index (χ1v) is 6.70. The van der Waals surface area contributed by atoms with Gasteiger partial charge in [-0.15, -0.1) is 0 Å². The number of nitrogens with one attached hydrogen (secondary N) is 1. The maximum atomic E-state index is 13.6. The third-order valence-electron chi connectivity index (χ3n) is 3.30. The van der Waals surface area contributed by atoms with Crippen LogP contribution in [0.2, 0.25) is 0 Å². The molecule has 0 aliphatic carbocycles. The summed E-state index contributed by atoms with van der Waals surface area (Å²) in [6.07, 6.45) is 2.98. The second-order valence-electron chi connectivity index (χ2n) is 4.87. The highest BCUT2D eigenvalue weighted by Crippen LogP contribution is 2.22. The van der Waals surface area contributed by atoms with Crippen LogP contribution in [-0.2, 0) is 11.2 Å². The van der Waals surface area contributed by atoms with E-state index in [-0.39, 0.29) is 12.0 Å². The molecule has 1 heterocycles. The minimum absolute atomic E-state index is 0.0192. The average molecular weight is 298 g/mol. The lowest BCUT2D eigenvalue weighted by molar-refractivity contribution is -0.115. The fourth-order valence-electron chi connectivity index (χ4n) is 2.26. The molecule has 2 aromatic carbocycles. The van der Waals surface area contributed by atoms with Crippen LogP contribution in [0, 0.1) is 11.6 Å². The molecular formula is C17H12F2N2O. The highest BCUT2D eigenvalue weighted by molar-refractivity contribution is 6.02. The summed E-state index contributed by atoms with van der Waals surface area (Å²) >= 11 is 0. The number of carbonyl (C=O) groups excluding carboxylic acids is 1. The van der Waals surface area contributed by atoms with E-state index in [1.807, 2.05) is 24.3 Å². The van der Waals surface area contributed by atoms with E-state index in [4.69, 9.17) is 0 Å². The van der Waals surface area contributed by atoms with E-state index < -0.39 is 17.5 Å². The Balaban J connectivity index is 1.83. The third-order valence-corrected chi connectivity index (χ3v) is 3.30. The molecule has 0 fully saturated rings. The molecule has 1 aromatic heterocycles. The normalized spacial score (nSPS) is 10.6. The van der Waals surface area contributed by atoms with E-state index in [2.05, 4.69) is 10.3 Å². The fourth-order valence-corrected chi connectivity index (χ4v) is 2.26. The number of aromatic nitrogens is 1. The van der Waals surface area contributed by atoms with Crippen LogP contribution >= 0.6 is 0 Å². The molecule has 3 nitrogen and oxygen atoms in total. The zero-order valence-corrected chi connectivity index (χ0v) is 11.5. The van der Waals surface area contributed by atoms with Crippen molar-refractivity contribution in [3.05, 3.63) is 72.1 Å². The molecule has 0 atom stereocenters. The van der Waals surface area contributed by atoms with Crippen molar-refractivity contribution in [3.8, 4) is 0 Å². The molecule has 0 saturated carbocycles. The van der Waals surface area contributed by atoms with E-state index in [9.17, 15) is 13.6 Å². The number of carbonyl (C=O) groups is 1. The van der Waals surface area contributed by atoms with Gasteiger partial charge in [0.25, 0.3) is 0 Å². The molecule has 0 radical (unpaired) electrons. The molecule has 0 saturated heterocycles. The van der Waals surface area contributed by atoms with Crippen molar-refractivity contribution in [1.82, 2.24) is 4.98 Å². The predicted octanol–water partition coefficient (Wildman–Crippen LogP) is 3.69. The standard InChI is InChI=1S/C17H12F2N2O/c18-13-5-6-15(19)12(7-13)8-17(22)21-16-10-20-9-11-3-1-2-4-14(11)16/h1-7,9-10H,8H2,(H,21,22). The number of hydrogen-bond donors (Lipinski definition) is 1. The summed E-state index contributed by atoms with van der Waals surface area (Å²) in [5.41, 5.74) is 0.561. The van der Waals surface area contributed by atoms with Crippen LogP contribution in [0.25, 0.3) is 10.8 Å². The van der Waals surface area contributed by atoms with Gasteiger partial charge in [-0.2, -0.15) is 0 Å². The lowest BCUT2D eigenvalue weighted by atomic mass is 10.1. The predicted molar refractivity (Wildman–Crippen MR) is 80.4 cm³/mol. The van der Waals surface area contributed by atoms with Crippen molar-refractivity contribution < 1.29 is 13.6 Å². The van der Waals surface area contributed by atoms with Gasteiger partial charge in [0.05, 0.1) is 18.3 Å². The van der Waals surface area contributed by atoms with E-state index in [1.165, 1.54) is 6.20 Å². The van der Waals surface area contributed by atoms with Crippen LogP contribution in [0.3, 0.4) is 0 Å². The van der Waals surface area contributed by atoms with Crippen molar-refractivity contribution in [2.75, 3.05) is 5.32 Å². The number of anilines is 1. The monoisotopic (exact) mass is 298 g/mol. The van der Waals surface area contributed by atoms with Gasteiger partial charge < -0.3 is 5.32 Å². The Bertz CT molecular complexity index is 844. The Morgan fingerprint density at radius 1 is 1.09 bits per heavy atom. The molecule has 5 heteroatoms. The van der Waals surface area contributed by atoms with Crippen LogP contribution < -0.4 is 5.32 Å². The second-order valence-corrected chi connectivity index (χ2v) is 4.87.